The second-order valence-electron chi connectivity index (χ2n) is 2.58. The quantitative estimate of drug-likeness (QED) is 0.706. The zero-order chi connectivity index (χ0) is 8.55. The van der Waals surface area contributed by atoms with Crippen molar-refractivity contribution in [2.45, 2.75) is 0 Å². The van der Waals surface area contributed by atoms with Gasteiger partial charge in [-0.3, -0.25) is 4.57 Å². The highest BCUT2D eigenvalue weighted by atomic mass is 35.5. The van der Waals surface area contributed by atoms with Crippen molar-refractivity contribution in [3.05, 3.63) is 36.7 Å². The smallest absolute Gasteiger partial charge is 0.415 e. The molecule has 0 bridgehead atoms. The topological polar surface area (TPSA) is 42.2 Å². The van der Waals surface area contributed by atoms with Crippen molar-refractivity contribution in [2.75, 3.05) is 0 Å². The van der Waals surface area contributed by atoms with Gasteiger partial charge in [0.25, 0.3) is 0 Å². The van der Waals surface area contributed by atoms with Crippen LogP contribution in [-0.4, -0.2) is 15.8 Å². The number of hydrogen-bond acceptors (Lipinski definition) is 1. The molecule has 0 fully saturated rings. The Morgan fingerprint density at radius 2 is 1.62 bits per heavy atom. The summed E-state index contributed by atoms with van der Waals surface area (Å²) in [6, 6.07) is 7.53. The molecule has 2 aromatic rings. The number of hydrogen-bond donors (Lipinski definition) is 1. The highest BCUT2D eigenvalue weighted by molar-refractivity contribution is 5.86. The average molecular weight is 198 g/mol. The summed E-state index contributed by atoms with van der Waals surface area (Å²) in [5.41, 5.74) is 0. The van der Waals surface area contributed by atoms with Crippen molar-refractivity contribution in [1.82, 2.24) is 4.57 Å². The molecule has 0 atom stereocenters. The fraction of sp³-hybridized carbons (Fsp3) is 0. The van der Waals surface area contributed by atoms with Gasteiger partial charge in [0.15, 0.2) is 0 Å². The van der Waals surface area contributed by atoms with Crippen LogP contribution >= 0.6 is 12.4 Å². The lowest BCUT2D eigenvalue weighted by Crippen LogP contribution is -2.03. The van der Waals surface area contributed by atoms with Crippen molar-refractivity contribution in [3.8, 4) is 0 Å². The van der Waals surface area contributed by atoms with Crippen LogP contribution in [0.3, 0.4) is 0 Å². The van der Waals surface area contributed by atoms with Gasteiger partial charge < -0.3 is 5.11 Å². The first kappa shape index (κ1) is 9.61. The summed E-state index contributed by atoms with van der Waals surface area (Å²) < 4.78 is 1.16. The van der Waals surface area contributed by atoms with E-state index in [9.17, 15) is 4.79 Å². The molecule has 68 valence electrons. The maximum atomic E-state index is 10.5. The number of carbonyl (C=O) groups is 1. The number of benzene rings is 1. The van der Waals surface area contributed by atoms with Gasteiger partial charge in [-0.15, -0.1) is 12.4 Å². The Labute approximate surface area is 81.0 Å². The summed E-state index contributed by atoms with van der Waals surface area (Å²) in [4.78, 5) is 10.5. The summed E-state index contributed by atoms with van der Waals surface area (Å²) in [5.74, 6) is 0. The molecule has 0 spiro atoms. The average Bonchev–Trinajstić information content (AvgIpc) is 2.46. The molecule has 1 aromatic carbocycles. The lowest BCUT2D eigenvalue weighted by molar-refractivity contribution is 0.196. The van der Waals surface area contributed by atoms with Crippen molar-refractivity contribution in [1.29, 1.82) is 0 Å². The minimum atomic E-state index is -0.953. The molecule has 0 amide bonds. The first-order valence-electron chi connectivity index (χ1n) is 3.57. The van der Waals surface area contributed by atoms with E-state index in [2.05, 4.69) is 0 Å². The number of carboxylic acid groups (broad SMARTS) is 1. The van der Waals surface area contributed by atoms with E-state index in [1.807, 2.05) is 24.3 Å². The van der Waals surface area contributed by atoms with Crippen LogP contribution < -0.4 is 0 Å². The van der Waals surface area contributed by atoms with E-state index in [0.717, 1.165) is 15.3 Å². The van der Waals surface area contributed by atoms with Crippen LogP contribution in [0.2, 0.25) is 0 Å². The van der Waals surface area contributed by atoms with Gasteiger partial charge in [-0.25, -0.2) is 4.79 Å². The summed E-state index contributed by atoms with van der Waals surface area (Å²) in [7, 11) is 0. The monoisotopic (exact) mass is 197 g/mol. The van der Waals surface area contributed by atoms with Gasteiger partial charge in [-0.05, 0) is 10.8 Å². The maximum Gasteiger partial charge on any atom is 0.415 e. The summed E-state index contributed by atoms with van der Waals surface area (Å²) in [6.07, 6.45) is 2.24. The van der Waals surface area contributed by atoms with E-state index in [4.69, 9.17) is 5.11 Å². The van der Waals surface area contributed by atoms with Crippen molar-refractivity contribution >= 4 is 29.3 Å². The van der Waals surface area contributed by atoms with Gasteiger partial charge in [0.1, 0.15) is 0 Å². The van der Waals surface area contributed by atoms with Gasteiger partial charge in [-0.1, -0.05) is 24.3 Å². The Kier molecular flexibility index (Phi) is 2.58. The van der Waals surface area contributed by atoms with E-state index in [1.54, 1.807) is 12.4 Å². The SMILES string of the molecule is Cl.O=C(O)n1cc2ccccc2c1. The first-order chi connectivity index (χ1) is 5.77. The van der Waals surface area contributed by atoms with Crippen LogP contribution in [-0.2, 0) is 0 Å². The predicted octanol–water partition coefficient (Wildman–Crippen LogP) is 2.59. The molecule has 1 heterocycles. The van der Waals surface area contributed by atoms with E-state index < -0.39 is 6.09 Å². The van der Waals surface area contributed by atoms with Crippen molar-refractivity contribution < 1.29 is 9.90 Å². The van der Waals surface area contributed by atoms with Gasteiger partial charge in [0, 0.05) is 12.4 Å². The molecule has 1 N–H and O–H groups in total. The minimum absolute atomic E-state index is 0. The molecule has 3 nitrogen and oxygen atoms in total. The summed E-state index contributed by atoms with van der Waals surface area (Å²) in [6.45, 7) is 0. The normalized spacial score (nSPS) is 9.54. The highest BCUT2D eigenvalue weighted by Crippen LogP contribution is 2.13. The van der Waals surface area contributed by atoms with E-state index >= 15 is 0 Å². The maximum absolute atomic E-state index is 10.5. The van der Waals surface area contributed by atoms with Crippen LogP contribution in [0, 0.1) is 0 Å². The second-order valence-corrected chi connectivity index (χ2v) is 2.58. The van der Waals surface area contributed by atoms with Crippen LogP contribution in [0.4, 0.5) is 4.79 Å². The largest absolute Gasteiger partial charge is 0.464 e. The fourth-order valence-corrected chi connectivity index (χ4v) is 1.19. The molecule has 0 unspecified atom stereocenters. The molecular formula is C9H8ClNO2. The van der Waals surface area contributed by atoms with Crippen molar-refractivity contribution in [3.63, 3.8) is 0 Å². The lowest BCUT2D eigenvalue weighted by Gasteiger charge is -1.87. The predicted molar refractivity (Wildman–Crippen MR) is 52.6 cm³/mol. The minimum Gasteiger partial charge on any atom is -0.464 e. The Balaban J connectivity index is 0.000000845. The number of nitrogens with zero attached hydrogens (tertiary/aromatic N) is 1. The van der Waals surface area contributed by atoms with Crippen LogP contribution in [0.25, 0.3) is 10.8 Å². The molecule has 0 radical (unpaired) electrons. The Morgan fingerprint density at radius 1 is 1.15 bits per heavy atom. The Bertz CT molecular complexity index is 403. The lowest BCUT2D eigenvalue weighted by atomic mass is 10.2. The standard InChI is InChI=1S/C9H7NO2.ClH/c11-9(12)10-5-7-3-1-2-4-8(7)6-10;/h1-6H,(H,11,12);1H. The third kappa shape index (κ3) is 1.65. The number of rotatable bonds is 0. The number of aromatic nitrogens is 1. The first-order valence-corrected chi connectivity index (χ1v) is 3.57. The second kappa shape index (κ2) is 3.49. The Hall–Kier alpha value is -1.48. The van der Waals surface area contributed by atoms with Gasteiger partial charge in [0.2, 0.25) is 0 Å². The van der Waals surface area contributed by atoms with Gasteiger partial charge >= 0.3 is 6.09 Å². The molecule has 0 aliphatic carbocycles. The number of fused-ring (bicyclic) bond motifs is 1. The summed E-state index contributed by atoms with van der Waals surface area (Å²) >= 11 is 0. The zero-order valence-electron chi connectivity index (χ0n) is 6.68. The van der Waals surface area contributed by atoms with E-state index in [0.29, 0.717) is 0 Å². The van der Waals surface area contributed by atoms with Gasteiger partial charge in [0.05, 0.1) is 0 Å². The van der Waals surface area contributed by atoms with Gasteiger partial charge in [-0.2, -0.15) is 0 Å². The molecule has 13 heavy (non-hydrogen) atoms. The zero-order valence-corrected chi connectivity index (χ0v) is 7.49. The molecule has 2 rings (SSSR count). The molecule has 4 heteroatoms. The van der Waals surface area contributed by atoms with E-state index in [1.165, 1.54) is 0 Å². The molecule has 0 aliphatic rings. The van der Waals surface area contributed by atoms with E-state index in [-0.39, 0.29) is 12.4 Å². The third-order valence-electron chi connectivity index (χ3n) is 1.77. The van der Waals surface area contributed by atoms with Crippen molar-refractivity contribution in [2.24, 2.45) is 0 Å². The van der Waals surface area contributed by atoms with Crippen LogP contribution in [0.1, 0.15) is 0 Å². The van der Waals surface area contributed by atoms with Crippen LogP contribution in [0.15, 0.2) is 36.7 Å². The number of halogens is 1. The fourth-order valence-electron chi connectivity index (χ4n) is 1.19. The highest BCUT2D eigenvalue weighted by Gasteiger charge is 2.01. The third-order valence-corrected chi connectivity index (χ3v) is 1.77. The molecule has 0 saturated heterocycles. The summed E-state index contributed by atoms with van der Waals surface area (Å²) in [5, 5.41) is 10.5. The van der Waals surface area contributed by atoms with Crippen LogP contribution in [0.5, 0.6) is 0 Å². The Morgan fingerprint density at radius 3 is 2.00 bits per heavy atom. The molecule has 0 aliphatic heterocycles. The molecular weight excluding hydrogens is 190 g/mol. The molecule has 1 aromatic heterocycles. The molecule has 0 saturated carbocycles.